The molecule has 0 saturated carbocycles. The van der Waals surface area contributed by atoms with E-state index in [9.17, 15) is 27.2 Å². The van der Waals surface area contributed by atoms with Crippen molar-refractivity contribution in [1.82, 2.24) is 4.57 Å². The number of halogens is 6. The zero-order valence-electron chi connectivity index (χ0n) is 14.9. The molecule has 10 heteroatoms. The zero-order valence-corrected chi connectivity index (χ0v) is 17.2. The number of ether oxygens (including phenoxy) is 1. The van der Waals surface area contributed by atoms with Crippen LogP contribution in [0.15, 0.2) is 39.7 Å². The highest BCUT2D eigenvalue weighted by molar-refractivity contribution is 9.10. The summed E-state index contributed by atoms with van der Waals surface area (Å²) in [5, 5.41) is -1.13. The van der Waals surface area contributed by atoms with E-state index in [-0.39, 0.29) is 5.56 Å². The van der Waals surface area contributed by atoms with Crippen molar-refractivity contribution >= 4 is 33.5 Å². The van der Waals surface area contributed by atoms with Crippen LogP contribution in [0.4, 0.5) is 17.6 Å². The number of alkyl halides is 3. The van der Waals surface area contributed by atoms with Crippen molar-refractivity contribution in [3.8, 4) is 0 Å². The second-order valence-corrected chi connectivity index (χ2v) is 8.15. The number of hydrogen-bond donors (Lipinski definition) is 0. The molecule has 1 atom stereocenters. The Balaban J connectivity index is 2.73. The van der Waals surface area contributed by atoms with Crippen molar-refractivity contribution in [2.24, 2.45) is 0 Å². The Labute approximate surface area is 171 Å². The number of carbonyl (C=O) groups excluding carboxylic acids is 1. The minimum atomic E-state index is -4.86. The van der Waals surface area contributed by atoms with E-state index >= 15 is 0 Å². The highest BCUT2D eigenvalue weighted by atomic mass is 79.9. The van der Waals surface area contributed by atoms with Gasteiger partial charge in [0.25, 0.3) is 5.56 Å². The zero-order chi connectivity index (χ0) is 21.4. The Bertz CT molecular complexity index is 967. The van der Waals surface area contributed by atoms with Gasteiger partial charge in [-0.3, -0.25) is 9.36 Å². The molecule has 2 rings (SSSR count). The molecule has 152 valence electrons. The lowest BCUT2D eigenvalue weighted by Crippen LogP contribution is -2.36. The molecule has 0 spiro atoms. The van der Waals surface area contributed by atoms with E-state index in [2.05, 4.69) is 15.9 Å². The van der Waals surface area contributed by atoms with Gasteiger partial charge in [0, 0.05) is 16.2 Å². The summed E-state index contributed by atoms with van der Waals surface area (Å²) < 4.78 is 59.7. The molecule has 0 aliphatic carbocycles. The molecule has 28 heavy (non-hydrogen) atoms. The highest BCUT2D eigenvalue weighted by Gasteiger charge is 2.37. The maximum atomic E-state index is 14.4. The summed E-state index contributed by atoms with van der Waals surface area (Å²) in [6.07, 6.45) is -4.12. The van der Waals surface area contributed by atoms with Crippen molar-refractivity contribution < 1.29 is 27.1 Å². The summed E-state index contributed by atoms with van der Waals surface area (Å²) >= 11 is 8.75. The quantitative estimate of drug-likeness (QED) is 0.436. The molecule has 0 bridgehead atoms. The number of pyridine rings is 1. The van der Waals surface area contributed by atoms with Crippen LogP contribution in [0.5, 0.6) is 0 Å². The largest absolute Gasteiger partial charge is 0.458 e. The van der Waals surface area contributed by atoms with Crippen molar-refractivity contribution in [2.45, 2.75) is 38.6 Å². The van der Waals surface area contributed by atoms with E-state index in [4.69, 9.17) is 16.3 Å². The third kappa shape index (κ3) is 4.94. The van der Waals surface area contributed by atoms with Gasteiger partial charge in [-0.05, 0) is 45.0 Å². The lowest BCUT2D eigenvalue weighted by Gasteiger charge is -2.26. The van der Waals surface area contributed by atoms with Gasteiger partial charge in [0.1, 0.15) is 16.4 Å². The maximum Gasteiger partial charge on any atom is 0.418 e. The summed E-state index contributed by atoms with van der Waals surface area (Å²) in [6, 6.07) is 2.53. The molecule has 1 aromatic heterocycles. The molecule has 0 fully saturated rings. The van der Waals surface area contributed by atoms with Crippen LogP contribution < -0.4 is 5.56 Å². The van der Waals surface area contributed by atoms with Crippen LogP contribution in [0.2, 0.25) is 5.02 Å². The molecule has 0 saturated heterocycles. The molecule has 2 aromatic rings. The van der Waals surface area contributed by atoms with Crippen LogP contribution in [-0.2, 0) is 15.7 Å². The Hall–Kier alpha value is -1.87. The fourth-order valence-corrected chi connectivity index (χ4v) is 3.07. The van der Waals surface area contributed by atoms with Gasteiger partial charge in [-0.2, -0.15) is 13.2 Å². The van der Waals surface area contributed by atoms with Crippen LogP contribution in [0, 0.1) is 5.82 Å². The summed E-state index contributed by atoms with van der Waals surface area (Å²) in [4.78, 5) is 25.2. The number of carbonyl (C=O) groups is 1. The standard InChI is InChI=1S/C18H15BrClF4NO3/c1-17(2,3)28-16(27)14(10-8-9(19)4-5-12(10)21)25-7-6-11(18(22,23)24)13(20)15(25)26/h4-8,14H,1-3H3. The second-order valence-electron chi connectivity index (χ2n) is 6.86. The fraction of sp³-hybridized carbons (Fsp3) is 0.333. The van der Waals surface area contributed by atoms with E-state index in [0.717, 1.165) is 12.3 Å². The van der Waals surface area contributed by atoms with Crippen LogP contribution in [0.3, 0.4) is 0 Å². The first-order chi connectivity index (χ1) is 12.7. The molecule has 0 N–H and O–H groups in total. The minimum Gasteiger partial charge on any atom is -0.458 e. The minimum absolute atomic E-state index is 0.262. The first kappa shape index (κ1) is 22.4. The van der Waals surface area contributed by atoms with Crippen LogP contribution in [0.25, 0.3) is 0 Å². The Morgan fingerprint density at radius 3 is 2.36 bits per heavy atom. The Morgan fingerprint density at radius 1 is 1.21 bits per heavy atom. The average Bonchev–Trinajstić information content (AvgIpc) is 2.52. The van der Waals surface area contributed by atoms with Gasteiger partial charge in [-0.25, -0.2) is 9.18 Å². The van der Waals surface area contributed by atoms with Crippen molar-refractivity contribution in [3.05, 3.63) is 67.3 Å². The van der Waals surface area contributed by atoms with Gasteiger partial charge in [0.2, 0.25) is 0 Å². The molecule has 1 unspecified atom stereocenters. The Kier molecular flexibility index (Phi) is 6.30. The summed E-state index contributed by atoms with van der Waals surface area (Å²) in [5.41, 5.74) is -3.90. The Morgan fingerprint density at radius 2 is 1.82 bits per heavy atom. The molecular formula is C18H15BrClF4NO3. The van der Waals surface area contributed by atoms with E-state index in [1.165, 1.54) is 12.1 Å². The molecular weight excluding hydrogens is 470 g/mol. The lowest BCUT2D eigenvalue weighted by molar-refractivity contribution is -0.157. The first-order valence-electron chi connectivity index (χ1n) is 7.88. The molecule has 0 aliphatic rings. The van der Waals surface area contributed by atoms with E-state index in [1.807, 2.05) is 0 Å². The van der Waals surface area contributed by atoms with Crippen LogP contribution in [-0.4, -0.2) is 16.1 Å². The third-order valence-electron chi connectivity index (χ3n) is 3.53. The average molecular weight is 485 g/mol. The summed E-state index contributed by atoms with van der Waals surface area (Å²) in [6.45, 7) is 4.67. The van der Waals surface area contributed by atoms with Crippen molar-refractivity contribution in [1.29, 1.82) is 0 Å². The third-order valence-corrected chi connectivity index (χ3v) is 4.39. The number of benzene rings is 1. The van der Waals surface area contributed by atoms with Gasteiger partial charge in [-0.1, -0.05) is 27.5 Å². The number of esters is 1. The second kappa shape index (κ2) is 7.87. The number of hydrogen-bond acceptors (Lipinski definition) is 3. The van der Waals surface area contributed by atoms with Gasteiger partial charge < -0.3 is 4.74 Å². The van der Waals surface area contributed by atoms with Crippen molar-refractivity contribution in [3.63, 3.8) is 0 Å². The number of aromatic nitrogens is 1. The van der Waals surface area contributed by atoms with Gasteiger partial charge in [0.05, 0.1) is 5.56 Å². The highest BCUT2D eigenvalue weighted by Crippen LogP contribution is 2.34. The van der Waals surface area contributed by atoms with Crippen LogP contribution in [0.1, 0.15) is 37.9 Å². The first-order valence-corrected chi connectivity index (χ1v) is 9.05. The number of nitrogens with zero attached hydrogens (tertiary/aromatic N) is 1. The topological polar surface area (TPSA) is 48.3 Å². The normalized spacial score (nSPS) is 13.3. The number of rotatable bonds is 3. The van der Waals surface area contributed by atoms with E-state index in [1.54, 1.807) is 20.8 Å². The molecule has 1 aromatic carbocycles. The molecule has 0 amide bonds. The van der Waals surface area contributed by atoms with E-state index in [0.29, 0.717) is 15.1 Å². The summed E-state index contributed by atoms with van der Waals surface area (Å²) in [7, 11) is 0. The van der Waals surface area contributed by atoms with Crippen molar-refractivity contribution in [2.75, 3.05) is 0 Å². The monoisotopic (exact) mass is 483 g/mol. The van der Waals surface area contributed by atoms with Gasteiger partial charge in [0.15, 0.2) is 6.04 Å². The SMILES string of the molecule is CC(C)(C)OC(=O)C(c1cc(Br)ccc1F)n1ccc(C(F)(F)F)c(Cl)c1=O. The predicted molar refractivity (Wildman–Crippen MR) is 98.8 cm³/mol. The molecule has 4 nitrogen and oxygen atoms in total. The molecule has 1 heterocycles. The van der Waals surface area contributed by atoms with Crippen LogP contribution >= 0.6 is 27.5 Å². The van der Waals surface area contributed by atoms with E-state index < -0.39 is 45.8 Å². The van der Waals surface area contributed by atoms with Gasteiger partial charge in [-0.15, -0.1) is 0 Å². The maximum absolute atomic E-state index is 14.4. The molecule has 0 aliphatic heterocycles. The fourth-order valence-electron chi connectivity index (χ4n) is 2.42. The summed E-state index contributed by atoms with van der Waals surface area (Å²) in [5.74, 6) is -1.87. The van der Waals surface area contributed by atoms with Gasteiger partial charge >= 0.3 is 12.1 Å². The lowest BCUT2D eigenvalue weighted by atomic mass is 10.0. The smallest absolute Gasteiger partial charge is 0.418 e. The molecule has 0 radical (unpaired) electrons. The predicted octanol–water partition coefficient (Wildman–Crippen LogP) is 5.35.